The molecule has 3 nitrogen and oxygen atoms in total. The molecule has 1 unspecified atom stereocenters. The summed E-state index contributed by atoms with van der Waals surface area (Å²) >= 11 is 1.54. The van der Waals surface area contributed by atoms with Crippen LogP contribution in [-0.2, 0) is 17.4 Å². The van der Waals surface area contributed by atoms with E-state index in [1.54, 1.807) is 6.07 Å². The summed E-state index contributed by atoms with van der Waals surface area (Å²) < 4.78 is 10.9. The van der Waals surface area contributed by atoms with Crippen LogP contribution in [0.5, 0.6) is 5.75 Å². The van der Waals surface area contributed by atoms with E-state index in [4.69, 9.17) is 4.89 Å². The van der Waals surface area contributed by atoms with Crippen LogP contribution in [0.25, 0.3) is 0 Å². The molecule has 1 atom stereocenters. The molecule has 0 aliphatic heterocycles. The highest BCUT2D eigenvalue weighted by atomic mass is 32.2. The highest BCUT2D eigenvalue weighted by molar-refractivity contribution is 7.98. The molecule has 23 heavy (non-hydrogen) atoms. The van der Waals surface area contributed by atoms with Gasteiger partial charge in [0.1, 0.15) is 5.75 Å². The SMILES string of the molecule is CSc1cc(Cc2c(C)cc(CC[P+](=O)O)cc2C)ccc1O. The zero-order valence-electron chi connectivity index (χ0n) is 13.7. The number of hydrogen-bond acceptors (Lipinski definition) is 3. The van der Waals surface area contributed by atoms with E-state index in [9.17, 15) is 9.67 Å². The molecule has 0 heterocycles. The summed E-state index contributed by atoms with van der Waals surface area (Å²) in [4.78, 5) is 9.85. The highest BCUT2D eigenvalue weighted by Gasteiger charge is 2.12. The molecular formula is C18H22O3PS+. The van der Waals surface area contributed by atoms with E-state index in [0.29, 0.717) is 18.3 Å². The topological polar surface area (TPSA) is 57.5 Å². The van der Waals surface area contributed by atoms with E-state index in [-0.39, 0.29) is 0 Å². The van der Waals surface area contributed by atoms with Gasteiger partial charge in [-0.05, 0) is 71.0 Å². The summed E-state index contributed by atoms with van der Waals surface area (Å²) in [7, 11) is -2.08. The van der Waals surface area contributed by atoms with E-state index in [1.165, 1.54) is 34.0 Å². The predicted octanol–water partition coefficient (Wildman–Crippen LogP) is 4.60. The fourth-order valence-electron chi connectivity index (χ4n) is 2.77. The first-order chi connectivity index (χ1) is 10.9. The summed E-state index contributed by atoms with van der Waals surface area (Å²) in [5, 5.41) is 9.79. The second-order valence-electron chi connectivity index (χ2n) is 5.72. The minimum atomic E-state index is -2.08. The average Bonchev–Trinajstić information content (AvgIpc) is 2.50. The molecular weight excluding hydrogens is 327 g/mol. The van der Waals surface area contributed by atoms with Gasteiger partial charge >= 0.3 is 8.03 Å². The van der Waals surface area contributed by atoms with Gasteiger partial charge in [-0.2, -0.15) is 4.89 Å². The predicted molar refractivity (Wildman–Crippen MR) is 97.0 cm³/mol. The first kappa shape index (κ1) is 18.0. The molecule has 2 N–H and O–H groups in total. The first-order valence-electron chi connectivity index (χ1n) is 7.49. The van der Waals surface area contributed by atoms with Gasteiger partial charge in [0.2, 0.25) is 0 Å². The average molecular weight is 349 g/mol. The smallest absolute Gasteiger partial charge is 0.505 e. The molecule has 0 spiro atoms. The van der Waals surface area contributed by atoms with Crippen molar-refractivity contribution >= 4 is 19.8 Å². The van der Waals surface area contributed by atoms with Gasteiger partial charge in [-0.25, -0.2) is 0 Å². The van der Waals surface area contributed by atoms with Crippen LogP contribution in [0.1, 0.15) is 27.8 Å². The third-order valence-corrected chi connectivity index (χ3v) is 5.35. The maximum atomic E-state index is 10.9. The maximum absolute atomic E-state index is 10.9. The lowest BCUT2D eigenvalue weighted by molar-refractivity contribution is 0.462. The van der Waals surface area contributed by atoms with Crippen LogP contribution in [0, 0.1) is 13.8 Å². The van der Waals surface area contributed by atoms with Crippen molar-refractivity contribution in [1.82, 2.24) is 0 Å². The van der Waals surface area contributed by atoms with Crippen molar-refractivity contribution in [2.75, 3.05) is 12.4 Å². The Balaban J connectivity index is 2.25. The van der Waals surface area contributed by atoms with E-state index in [2.05, 4.69) is 26.0 Å². The van der Waals surface area contributed by atoms with Gasteiger partial charge in [-0.1, -0.05) is 18.2 Å². The lowest BCUT2D eigenvalue weighted by Crippen LogP contribution is -1.99. The Hall–Kier alpha value is -1.35. The van der Waals surface area contributed by atoms with Crippen LogP contribution in [-0.4, -0.2) is 22.4 Å². The lowest BCUT2D eigenvalue weighted by Gasteiger charge is -2.13. The van der Waals surface area contributed by atoms with Crippen LogP contribution in [0.15, 0.2) is 35.2 Å². The monoisotopic (exact) mass is 349 g/mol. The van der Waals surface area contributed by atoms with E-state index in [0.717, 1.165) is 16.9 Å². The molecule has 122 valence electrons. The van der Waals surface area contributed by atoms with Crippen molar-refractivity contribution < 1.29 is 14.6 Å². The first-order valence-corrected chi connectivity index (χ1v) is 10.1. The molecule has 2 aromatic rings. The molecule has 0 radical (unpaired) electrons. The molecule has 0 bridgehead atoms. The number of rotatable bonds is 6. The Morgan fingerprint density at radius 1 is 1.09 bits per heavy atom. The van der Waals surface area contributed by atoms with Crippen LogP contribution >= 0.6 is 19.8 Å². The molecule has 0 saturated carbocycles. The summed E-state index contributed by atoms with van der Waals surface area (Å²) in [6.07, 6.45) is 3.71. The van der Waals surface area contributed by atoms with Crippen molar-refractivity contribution in [1.29, 1.82) is 0 Å². The van der Waals surface area contributed by atoms with Gasteiger partial charge in [0.25, 0.3) is 0 Å². The normalized spacial score (nSPS) is 11.6. The molecule has 2 aromatic carbocycles. The molecule has 0 aromatic heterocycles. The molecule has 0 aliphatic rings. The number of hydrogen-bond donors (Lipinski definition) is 2. The third kappa shape index (κ3) is 4.81. The van der Waals surface area contributed by atoms with E-state index in [1.807, 2.05) is 18.4 Å². The van der Waals surface area contributed by atoms with Gasteiger partial charge in [-0.3, -0.25) is 0 Å². The lowest BCUT2D eigenvalue weighted by atomic mass is 9.93. The third-order valence-electron chi connectivity index (χ3n) is 3.97. The van der Waals surface area contributed by atoms with Crippen LogP contribution in [0.2, 0.25) is 0 Å². The summed E-state index contributed by atoms with van der Waals surface area (Å²) in [6, 6.07) is 9.95. The molecule has 0 fully saturated rings. The van der Waals surface area contributed by atoms with Gasteiger partial charge in [0, 0.05) is 11.3 Å². The number of phenols is 1. The summed E-state index contributed by atoms with van der Waals surface area (Å²) in [5.74, 6) is 0.322. The summed E-state index contributed by atoms with van der Waals surface area (Å²) in [5.41, 5.74) is 5.96. The second kappa shape index (κ2) is 7.96. The summed E-state index contributed by atoms with van der Waals surface area (Å²) in [6.45, 7) is 4.17. The fourth-order valence-corrected chi connectivity index (χ4v) is 3.76. The molecule has 0 saturated heterocycles. The standard InChI is InChI=1S/C18H21O3PS/c1-12-8-15(6-7-22(20)21)9-13(2)16(12)10-14-4-5-17(19)18(11-14)23-3/h4-5,8-9,11H,6-7,10H2,1-3H3,(H-,19,20,21)/p+1. The Bertz CT molecular complexity index is 705. The Kier molecular flexibility index (Phi) is 6.23. The largest absolute Gasteiger partial charge is 0.507 e. The van der Waals surface area contributed by atoms with E-state index < -0.39 is 8.03 Å². The molecule has 2 rings (SSSR count). The highest BCUT2D eigenvalue weighted by Crippen LogP contribution is 2.29. The van der Waals surface area contributed by atoms with Crippen molar-refractivity contribution in [3.8, 4) is 5.75 Å². The van der Waals surface area contributed by atoms with Crippen molar-refractivity contribution in [3.63, 3.8) is 0 Å². The minimum Gasteiger partial charge on any atom is -0.507 e. The van der Waals surface area contributed by atoms with Gasteiger partial charge < -0.3 is 5.11 Å². The van der Waals surface area contributed by atoms with Crippen molar-refractivity contribution in [2.45, 2.75) is 31.6 Å². The maximum Gasteiger partial charge on any atom is 0.505 e. The Morgan fingerprint density at radius 2 is 1.74 bits per heavy atom. The number of aromatic hydroxyl groups is 1. The van der Waals surface area contributed by atoms with E-state index >= 15 is 0 Å². The molecule has 0 amide bonds. The van der Waals surface area contributed by atoms with Gasteiger partial charge in [-0.15, -0.1) is 11.8 Å². The van der Waals surface area contributed by atoms with Gasteiger partial charge in [0.15, 0.2) is 6.16 Å². The fraction of sp³-hybridized carbons (Fsp3) is 0.333. The Labute approximate surface area is 142 Å². The van der Waals surface area contributed by atoms with Crippen LogP contribution < -0.4 is 0 Å². The second-order valence-corrected chi connectivity index (χ2v) is 7.72. The number of benzene rings is 2. The van der Waals surface area contributed by atoms with Crippen LogP contribution in [0.3, 0.4) is 0 Å². The van der Waals surface area contributed by atoms with Crippen LogP contribution in [0.4, 0.5) is 0 Å². The van der Waals surface area contributed by atoms with Gasteiger partial charge in [0.05, 0.1) is 0 Å². The number of thioether (sulfide) groups is 1. The zero-order chi connectivity index (χ0) is 17.0. The van der Waals surface area contributed by atoms with Crippen molar-refractivity contribution in [2.24, 2.45) is 0 Å². The van der Waals surface area contributed by atoms with Crippen molar-refractivity contribution in [3.05, 3.63) is 58.1 Å². The Morgan fingerprint density at radius 3 is 2.30 bits per heavy atom. The molecule has 0 aliphatic carbocycles. The quantitative estimate of drug-likeness (QED) is 0.591. The minimum absolute atomic E-state index is 0.308. The zero-order valence-corrected chi connectivity index (χ0v) is 15.4. The molecule has 5 heteroatoms. The number of phenolic OH excluding ortho intramolecular Hbond substituents is 1. The number of aryl methyl sites for hydroxylation is 3.